The quantitative estimate of drug-likeness (QED) is 0.775. The second-order valence-corrected chi connectivity index (χ2v) is 5.42. The van der Waals surface area contributed by atoms with Crippen LogP contribution in [0.5, 0.6) is 17.2 Å². The summed E-state index contributed by atoms with van der Waals surface area (Å²) in [6.07, 6.45) is 3.64. The molecule has 2 aromatic rings. The van der Waals surface area contributed by atoms with E-state index in [2.05, 4.69) is 0 Å². The standard InChI is InChI=1S/C20H22O6/c1-23-7-5-6-13-8-14(10-16(9-13)20(21)22)15-11-17(24-2)19(26-4)18(12-15)25-3/h5-6,8-12H,7H2,1-4H3,(H,21,22). The molecule has 1 N–H and O–H groups in total. The summed E-state index contributed by atoms with van der Waals surface area (Å²) < 4.78 is 21.1. The average molecular weight is 358 g/mol. The third kappa shape index (κ3) is 4.34. The molecule has 6 nitrogen and oxygen atoms in total. The van der Waals surface area contributed by atoms with Crippen LogP contribution in [0.15, 0.2) is 36.4 Å². The minimum Gasteiger partial charge on any atom is -0.493 e. The Bertz CT molecular complexity index is 785. The fraction of sp³-hybridized carbons (Fsp3) is 0.250. The van der Waals surface area contributed by atoms with Gasteiger partial charge in [-0.25, -0.2) is 4.79 Å². The Hall–Kier alpha value is -2.99. The minimum absolute atomic E-state index is 0.188. The van der Waals surface area contributed by atoms with E-state index < -0.39 is 5.97 Å². The highest BCUT2D eigenvalue weighted by atomic mass is 16.5. The molecular weight excluding hydrogens is 336 g/mol. The Kier molecular flexibility index (Phi) is 6.63. The zero-order valence-electron chi connectivity index (χ0n) is 15.2. The molecular formula is C20H22O6. The first kappa shape index (κ1) is 19.3. The molecule has 6 heteroatoms. The van der Waals surface area contributed by atoms with Crippen molar-refractivity contribution in [2.75, 3.05) is 35.0 Å². The molecule has 0 aliphatic rings. The smallest absolute Gasteiger partial charge is 0.335 e. The summed E-state index contributed by atoms with van der Waals surface area (Å²) in [6, 6.07) is 8.67. The predicted octanol–water partition coefficient (Wildman–Crippen LogP) is 3.74. The maximum atomic E-state index is 11.5. The molecule has 138 valence electrons. The molecule has 0 radical (unpaired) electrons. The predicted molar refractivity (Wildman–Crippen MR) is 99.4 cm³/mol. The van der Waals surface area contributed by atoms with Crippen molar-refractivity contribution in [3.63, 3.8) is 0 Å². The molecule has 2 aromatic carbocycles. The lowest BCUT2D eigenvalue weighted by atomic mass is 9.98. The SMILES string of the molecule is COCC=Cc1cc(C(=O)O)cc(-c2cc(OC)c(OC)c(OC)c2)c1. The van der Waals surface area contributed by atoms with Crippen LogP contribution in [0, 0.1) is 0 Å². The van der Waals surface area contributed by atoms with Crippen LogP contribution in [0.25, 0.3) is 17.2 Å². The Labute approximate surface area is 152 Å². The van der Waals surface area contributed by atoms with E-state index in [0.29, 0.717) is 23.9 Å². The van der Waals surface area contributed by atoms with Crippen molar-refractivity contribution in [2.45, 2.75) is 0 Å². The van der Waals surface area contributed by atoms with Crippen LogP contribution in [-0.2, 0) is 4.74 Å². The molecule has 2 rings (SSSR count). The highest BCUT2D eigenvalue weighted by molar-refractivity contribution is 5.91. The van der Waals surface area contributed by atoms with Gasteiger partial charge in [-0.3, -0.25) is 0 Å². The van der Waals surface area contributed by atoms with Gasteiger partial charge in [-0.1, -0.05) is 12.2 Å². The van der Waals surface area contributed by atoms with E-state index in [1.165, 1.54) is 21.3 Å². The van der Waals surface area contributed by atoms with Gasteiger partial charge in [-0.2, -0.15) is 0 Å². The highest BCUT2D eigenvalue weighted by Crippen LogP contribution is 2.41. The second-order valence-electron chi connectivity index (χ2n) is 5.42. The van der Waals surface area contributed by atoms with Gasteiger partial charge in [-0.05, 0) is 47.0 Å². The fourth-order valence-corrected chi connectivity index (χ4v) is 2.57. The molecule has 26 heavy (non-hydrogen) atoms. The van der Waals surface area contributed by atoms with Gasteiger partial charge in [0.15, 0.2) is 11.5 Å². The summed E-state index contributed by atoms with van der Waals surface area (Å²) in [6.45, 7) is 0.441. The molecule has 0 saturated carbocycles. The van der Waals surface area contributed by atoms with Crippen molar-refractivity contribution in [3.8, 4) is 28.4 Å². The van der Waals surface area contributed by atoms with Gasteiger partial charge in [0.25, 0.3) is 0 Å². The molecule has 0 amide bonds. The lowest BCUT2D eigenvalue weighted by molar-refractivity contribution is 0.0697. The van der Waals surface area contributed by atoms with Gasteiger partial charge in [0.05, 0.1) is 33.5 Å². The average Bonchev–Trinajstić information content (AvgIpc) is 2.66. The monoisotopic (exact) mass is 358 g/mol. The summed E-state index contributed by atoms with van der Waals surface area (Å²) >= 11 is 0. The zero-order chi connectivity index (χ0) is 19.1. The van der Waals surface area contributed by atoms with Gasteiger partial charge < -0.3 is 24.1 Å². The van der Waals surface area contributed by atoms with Gasteiger partial charge in [-0.15, -0.1) is 0 Å². The molecule has 0 saturated heterocycles. The molecule has 0 aromatic heterocycles. The third-order valence-electron chi connectivity index (χ3n) is 3.77. The van der Waals surface area contributed by atoms with Crippen molar-refractivity contribution in [3.05, 3.63) is 47.5 Å². The first-order valence-corrected chi connectivity index (χ1v) is 7.88. The Morgan fingerprint density at radius 3 is 2.04 bits per heavy atom. The number of hydrogen-bond acceptors (Lipinski definition) is 5. The number of aromatic carboxylic acids is 1. The van der Waals surface area contributed by atoms with Gasteiger partial charge in [0, 0.05) is 7.11 Å². The van der Waals surface area contributed by atoms with Crippen LogP contribution < -0.4 is 14.2 Å². The van der Waals surface area contributed by atoms with Crippen molar-refractivity contribution < 1.29 is 28.8 Å². The zero-order valence-corrected chi connectivity index (χ0v) is 15.2. The van der Waals surface area contributed by atoms with E-state index in [9.17, 15) is 9.90 Å². The van der Waals surface area contributed by atoms with E-state index in [1.54, 1.807) is 31.4 Å². The second kappa shape index (κ2) is 8.92. The van der Waals surface area contributed by atoms with E-state index in [4.69, 9.17) is 18.9 Å². The molecule has 0 unspecified atom stereocenters. The summed E-state index contributed by atoms with van der Waals surface area (Å²) in [5.41, 5.74) is 2.42. The summed E-state index contributed by atoms with van der Waals surface area (Å²) in [4.78, 5) is 11.5. The molecule has 0 bridgehead atoms. The Morgan fingerprint density at radius 2 is 1.54 bits per heavy atom. The maximum Gasteiger partial charge on any atom is 0.335 e. The summed E-state index contributed by atoms with van der Waals surface area (Å²) in [5, 5.41) is 9.42. The topological polar surface area (TPSA) is 74.2 Å². The Balaban J connectivity index is 2.61. The number of rotatable bonds is 8. The van der Waals surface area contributed by atoms with E-state index >= 15 is 0 Å². The van der Waals surface area contributed by atoms with Crippen molar-refractivity contribution in [1.29, 1.82) is 0 Å². The van der Waals surface area contributed by atoms with Crippen LogP contribution in [-0.4, -0.2) is 46.1 Å². The van der Waals surface area contributed by atoms with Crippen molar-refractivity contribution >= 4 is 12.0 Å². The molecule has 0 fully saturated rings. The lowest BCUT2D eigenvalue weighted by Gasteiger charge is -2.15. The van der Waals surface area contributed by atoms with Gasteiger partial charge >= 0.3 is 5.97 Å². The highest BCUT2D eigenvalue weighted by Gasteiger charge is 2.15. The molecule has 0 heterocycles. The number of methoxy groups -OCH3 is 4. The number of carbonyl (C=O) groups is 1. The van der Waals surface area contributed by atoms with Crippen molar-refractivity contribution in [1.82, 2.24) is 0 Å². The first-order valence-electron chi connectivity index (χ1n) is 7.88. The molecule has 0 atom stereocenters. The van der Waals surface area contributed by atoms with Gasteiger partial charge in [0.1, 0.15) is 0 Å². The number of hydrogen-bond donors (Lipinski definition) is 1. The minimum atomic E-state index is -0.999. The Morgan fingerprint density at radius 1 is 0.923 bits per heavy atom. The molecule has 0 aliphatic carbocycles. The number of ether oxygens (including phenoxy) is 4. The van der Waals surface area contributed by atoms with E-state index in [-0.39, 0.29) is 5.56 Å². The third-order valence-corrected chi connectivity index (χ3v) is 3.77. The molecule has 0 spiro atoms. The number of benzene rings is 2. The normalized spacial score (nSPS) is 10.8. The van der Waals surface area contributed by atoms with E-state index in [1.807, 2.05) is 18.2 Å². The summed E-state index contributed by atoms with van der Waals surface area (Å²) in [7, 11) is 6.20. The lowest BCUT2D eigenvalue weighted by Crippen LogP contribution is -1.99. The van der Waals surface area contributed by atoms with Crippen LogP contribution >= 0.6 is 0 Å². The molecule has 0 aliphatic heterocycles. The van der Waals surface area contributed by atoms with Crippen LogP contribution in [0.4, 0.5) is 0 Å². The number of carboxylic acid groups (broad SMARTS) is 1. The largest absolute Gasteiger partial charge is 0.493 e. The summed E-state index contributed by atoms with van der Waals surface area (Å²) in [5.74, 6) is 0.479. The maximum absolute atomic E-state index is 11.5. The van der Waals surface area contributed by atoms with Crippen molar-refractivity contribution in [2.24, 2.45) is 0 Å². The fourth-order valence-electron chi connectivity index (χ4n) is 2.57. The van der Waals surface area contributed by atoms with Crippen LogP contribution in [0.1, 0.15) is 15.9 Å². The van der Waals surface area contributed by atoms with Crippen LogP contribution in [0.3, 0.4) is 0 Å². The van der Waals surface area contributed by atoms with Crippen LogP contribution in [0.2, 0.25) is 0 Å². The number of carboxylic acids is 1. The van der Waals surface area contributed by atoms with Gasteiger partial charge in [0.2, 0.25) is 5.75 Å². The van der Waals surface area contributed by atoms with E-state index in [0.717, 1.165) is 16.7 Å². The first-order chi connectivity index (χ1) is 12.5.